The normalized spacial score (nSPS) is 10.1. The molecule has 1 amide bonds. The first-order valence-electron chi connectivity index (χ1n) is 4.88. The molecule has 1 aromatic heterocycles. The third-order valence-electron chi connectivity index (χ3n) is 2.38. The van der Waals surface area contributed by atoms with Crippen molar-refractivity contribution in [1.29, 1.82) is 0 Å². The van der Waals surface area contributed by atoms with E-state index in [0.717, 1.165) is 5.56 Å². The Hall–Kier alpha value is -2.23. The first-order valence-corrected chi connectivity index (χ1v) is 4.88. The summed E-state index contributed by atoms with van der Waals surface area (Å²) < 4.78 is 5.03. The van der Waals surface area contributed by atoms with Crippen molar-refractivity contribution in [2.24, 2.45) is 0 Å². The number of carbonyl (C=O) groups excluding carboxylic acids is 1. The monoisotopic (exact) mass is 216 g/mol. The molecule has 0 atom stereocenters. The second-order valence-corrected chi connectivity index (χ2v) is 3.45. The van der Waals surface area contributed by atoms with Gasteiger partial charge in [0.1, 0.15) is 0 Å². The lowest BCUT2D eigenvalue weighted by molar-refractivity contribution is 0.102. The predicted octanol–water partition coefficient (Wildman–Crippen LogP) is 2.42. The van der Waals surface area contributed by atoms with Crippen molar-refractivity contribution in [1.82, 2.24) is 0 Å². The van der Waals surface area contributed by atoms with E-state index in [1.807, 2.05) is 6.92 Å². The minimum absolute atomic E-state index is 0.222. The molecule has 0 saturated carbocycles. The van der Waals surface area contributed by atoms with E-state index in [1.54, 1.807) is 30.3 Å². The Morgan fingerprint density at radius 1 is 1.31 bits per heavy atom. The van der Waals surface area contributed by atoms with Gasteiger partial charge in [0.15, 0.2) is 5.88 Å². The van der Waals surface area contributed by atoms with E-state index in [4.69, 9.17) is 10.2 Å². The van der Waals surface area contributed by atoms with E-state index in [1.165, 1.54) is 6.26 Å². The van der Waals surface area contributed by atoms with Gasteiger partial charge < -0.3 is 10.2 Å². The summed E-state index contributed by atoms with van der Waals surface area (Å²) in [5.74, 6) is 0.201. The Morgan fingerprint density at radius 2 is 2.12 bits per heavy atom. The van der Waals surface area contributed by atoms with Crippen molar-refractivity contribution in [2.45, 2.75) is 6.92 Å². The van der Waals surface area contributed by atoms with Gasteiger partial charge in [0, 0.05) is 17.3 Å². The van der Waals surface area contributed by atoms with Gasteiger partial charge in [-0.25, -0.2) is 0 Å². The Labute approximate surface area is 93.1 Å². The SMILES string of the molecule is Cc1c(N)cccc1C(=O)Nc1ccco1. The maximum Gasteiger partial charge on any atom is 0.258 e. The molecule has 0 bridgehead atoms. The Kier molecular flexibility index (Phi) is 2.64. The molecular weight excluding hydrogens is 204 g/mol. The summed E-state index contributed by atoms with van der Waals surface area (Å²) in [7, 11) is 0. The maximum absolute atomic E-state index is 11.9. The van der Waals surface area contributed by atoms with Crippen LogP contribution in [-0.4, -0.2) is 5.91 Å². The molecule has 0 unspecified atom stereocenters. The second-order valence-electron chi connectivity index (χ2n) is 3.45. The fraction of sp³-hybridized carbons (Fsp3) is 0.0833. The molecule has 4 heteroatoms. The molecule has 3 N–H and O–H groups in total. The van der Waals surface area contributed by atoms with Crippen LogP contribution in [0.1, 0.15) is 15.9 Å². The van der Waals surface area contributed by atoms with E-state index in [-0.39, 0.29) is 5.91 Å². The molecule has 16 heavy (non-hydrogen) atoms. The van der Waals surface area contributed by atoms with Gasteiger partial charge in [-0.05, 0) is 30.7 Å². The Balaban J connectivity index is 2.24. The van der Waals surface area contributed by atoms with Gasteiger partial charge in [-0.1, -0.05) is 6.07 Å². The molecule has 0 aliphatic heterocycles. The quantitative estimate of drug-likeness (QED) is 0.757. The summed E-state index contributed by atoms with van der Waals surface area (Å²) in [4.78, 5) is 11.9. The van der Waals surface area contributed by atoms with Crippen LogP contribution < -0.4 is 11.1 Å². The summed E-state index contributed by atoms with van der Waals surface area (Å²) in [6, 6.07) is 8.63. The van der Waals surface area contributed by atoms with Gasteiger partial charge in [0.2, 0.25) is 0 Å². The van der Waals surface area contributed by atoms with Crippen molar-refractivity contribution in [3.8, 4) is 0 Å². The average molecular weight is 216 g/mol. The molecule has 0 aliphatic carbocycles. The number of amides is 1. The van der Waals surface area contributed by atoms with Gasteiger partial charge in [-0.3, -0.25) is 10.1 Å². The first-order chi connectivity index (χ1) is 7.68. The van der Waals surface area contributed by atoms with Crippen molar-refractivity contribution in [2.75, 3.05) is 11.1 Å². The lowest BCUT2D eigenvalue weighted by Crippen LogP contribution is -2.13. The van der Waals surface area contributed by atoms with Crippen LogP contribution in [0.3, 0.4) is 0 Å². The fourth-order valence-corrected chi connectivity index (χ4v) is 1.43. The zero-order valence-electron chi connectivity index (χ0n) is 8.86. The van der Waals surface area contributed by atoms with Crippen LogP contribution in [0, 0.1) is 6.92 Å². The van der Waals surface area contributed by atoms with Crippen LogP contribution in [-0.2, 0) is 0 Å². The van der Waals surface area contributed by atoms with Crippen molar-refractivity contribution in [3.05, 3.63) is 47.7 Å². The molecule has 1 heterocycles. The van der Waals surface area contributed by atoms with Crippen LogP contribution in [0.4, 0.5) is 11.6 Å². The van der Waals surface area contributed by atoms with Crippen molar-refractivity contribution in [3.63, 3.8) is 0 Å². The molecule has 2 aromatic rings. The van der Waals surface area contributed by atoms with E-state index in [2.05, 4.69) is 5.32 Å². The Bertz CT molecular complexity index is 504. The van der Waals surface area contributed by atoms with Gasteiger partial charge in [-0.2, -0.15) is 0 Å². The second kappa shape index (κ2) is 4.10. The largest absolute Gasteiger partial charge is 0.449 e. The standard InChI is InChI=1S/C12H12N2O2/c1-8-9(4-2-5-10(8)13)12(15)14-11-6-3-7-16-11/h2-7H,13H2,1H3,(H,14,15). The highest BCUT2D eigenvalue weighted by Gasteiger charge is 2.11. The molecule has 0 fully saturated rings. The van der Waals surface area contributed by atoms with Crippen LogP contribution in [0.5, 0.6) is 0 Å². The number of nitrogens with one attached hydrogen (secondary N) is 1. The molecule has 4 nitrogen and oxygen atoms in total. The molecule has 0 radical (unpaired) electrons. The third kappa shape index (κ3) is 1.91. The number of nitrogens with two attached hydrogens (primary N) is 1. The summed E-state index contributed by atoms with van der Waals surface area (Å²) in [6.07, 6.45) is 1.50. The highest BCUT2D eigenvalue weighted by atomic mass is 16.3. The van der Waals surface area contributed by atoms with Crippen LogP contribution >= 0.6 is 0 Å². The van der Waals surface area contributed by atoms with Gasteiger partial charge in [0.25, 0.3) is 5.91 Å². The van der Waals surface area contributed by atoms with Crippen LogP contribution in [0.2, 0.25) is 0 Å². The highest BCUT2D eigenvalue weighted by molar-refractivity contribution is 6.05. The lowest BCUT2D eigenvalue weighted by atomic mass is 10.1. The third-order valence-corrected chi connectivity index (χ3v) is 2.38. The smallest absolute Gasteiger partial charge is 0.258 e. The molecule has 0 spiro atoms. The highest BCUT2D eigenvalue weighted by Crippen LogP contribution is 2.17. The van der Waals surface area contributed by atoms with Gasteiger partial charge in [-0.15, -0.1) is 0 Å². The van der Waals surface area contributed by atoms with E-state index in [9.17, 15) is 4.79 Å². The number of anilines is 2. The van der Waals surface area contributed by atoms with E-state index in [0.29, 0.717) is 17.1 Å². The Morgan fingerprint density at radius 3 is 2.81 bits per heavy atom. The number of carbonyl (C=O) groups is 1. The minimum Gasteiger partial charge on any atom is -0.449 e. The zero-order valence-corrected chi connectivity index (χ0v) is 8.86. The molecule has 0 aliphatic rings. The summed E-state index contributed by atoms with van der Waals surface area (Å²) >= 11 is 0. The molecule has 82 valence electrons. The topological polar surface area (TPSA) is 68.3 Å². The number of benzene rings is 1. The summed E-state index contributed by atoms with van der Waals surface area (Å²) in [5.41, 5.74) is 7.65. The van der Waals surface area contributed by atoms with Crippen molar-refractivity contribution < 1.29 is 9.21 Å². The van der Waals surface area contributed by atoms with Crippen molar-refractivity contribution >= 4 is 17.5 Å². The molecule has 2 rings (SSSR count). The minimum atomic E-state index is -0.222. The zero-order chi connectivity index (χ0) is 11.5. The van der Waals surface area contributed by atoms with E-state index >= 15 is 0 Å². The fourth-order valence-electron chi connectivity index (χ4n) is 1.43. The predicted molar refractivity (Wildman–Crippen MR) is 62.3 cm³/mol. The van der Waals surface area contributed by atoms with Gasteiger partial charge >= 0.3 is 0 Å². The maximum atomic E-state index is 11.9. The summed E-state index contributed by atoms with van der Waals surface area (Å²) in [5, 5.41) is 2.65. The van der Waals surface area contributed by atoms with E-state index < -0.39 is 0 Å². The first kappa shape index (κ1) is 10.3. The van der Waals surface area contributed by atoms with Crippen LogP contribution in [0.15, 0.2) is 41.0 Å². The molecule has 0 saturated heterocycles. The van der Waals surface area contributed by atoms with Gasteiger partial charge in [0.05, 0.1) is 6.26 Å². The number of furan rings is 1. The lowest BCUT2D eigenvalue weighted by Gasteiger charge is -2.07. The number of hydrogen-bond donors (Lipinski definition) is 2. The number of hydrogen-bond acceptors (Lipinski definition) is 3. The van der Waals surface area contributed by atoms with Crippen LogP contribution in [0.25, 0.3) is 0 Å². The number of rotatable bonds is 2. The molecule has 1 aromatic carbocycles. The average Bonchev–Trinajstić information content (AvgIpc) is 2.74. The summed E-state index contributed by atoms with van der Waals surface area (Å²) in [6.45, 7) is 1.81. The number of nitrogen functional groups attached to an aromatic ring is 1. The molecular formula is C12H12N2O2.